The third-order valence-corrected chi connectivity index (χ3v) is 4.54. The molecule has 1 aromatic heterocycles. The zero-order chi connectivity index (χ0) is 23.7. The SMILES string of the molecule is CC.CCNC(C)=O.COc1ccc2c(c1)C(c1ccc(O)cc1)=NCc1nnc(C)n1-2. The van der Waals surface area contributed by atoms with Gasteiger partial charge in [0.05, 0.1) is 18.5 Å². The number of benzene rings is 2. The number of amides is 1. The highest BCUT2D eigenvalue weighted by molar-refractivity contribution is 6.15. The second kappa shape index (κ2) is 11.6. The lowest BCUT2D eigenvalue weighted by Gasteiger charge is -2.14. The van der Waals surface area contributed by atoms with Crippen LogP contribution in [0.15, 0.2) is 47.5 Å². The number of carbonyl (C=O) groups excluding carboxylic acids is 1. The number of hydrogen-bond acceptors (Lipinski definition) is 6. The molecule has 1 aliphatic heterocycles. The van der Waals surface area contributed by atoms with Gasteiger partial charge in [-0.1, -0.05) is 13.8 Å². The number of nitrogens with one attached hydrogen (secondary N) is 1. The zero-order valence-corrected chi connectivity index (χ0v) is 19.5. The van der Waals surface area contributed by atoms with Gasteiger partial charge in [0.2, 0.25) is 5.91 Å². The highest BCUT2D eigenvalue weighted by atomic mass is 16.5. The van der Waals surface area contributed by atoms with E-state index in [1.165, 1.54) is 6.92 Å². The van der Waals surface area contributed by atoms with Gasteiger partial charge >= 0.3 is 0 Å². The summed E-state index contributed by atoms with van der Waals surface area (Å²) in [5, 5.41) is 20.5. The van der Waals surface area contributed by atoms with Gasteiger partial charge in [0.1, 0.15) is 23.9 Å². The first-order valence-corrected chi connectivity index (χ1v) is 10.6. The van der Waals surface area contributed by atoms with Gasteiger partial charge in [-0.25, -0.2) is 0 Å². The topological polar surface area (TPSA) is 102 Å². The Morgan fingerprint density at radius 1 is 1.16 bits per heavy atom. The van der Waals surface area contributed by atoms with Gasteiger partial charge in [-0.15, -0.1) is 10.2 Å². The number of aromatic hydroxyl groups is 1. The fourth-order valence-electron chi connectivity index (χ4n) is 3.20. The van der Waals surface area contributed by atoms with Crippen molar-refractivity contribution in [3.63, 3.8) is 0 Å². The fourth-order valence-corrected chi connectivity index (χ4v) is 3.20. The quantitative estimate of drug-likeness (QED) is 0.649. The maximum Gasteiger partial charge on any atom is 0.216 e. The minimum atomic E-state index is 0.0394. The standard InChI is InChI=1S/C18H16N4O2.C4H9NO.C2H6/c1-11-20-21-17-10-19-18(12-3-5-13(23)6-4-12)15-9-14(24-2)7-8-16(15)22(11)17;1-3-5-4(2)6;1-2/h3-9,23H,10H2,1-2H3;3H2,1-2H3,(H,5,6);1-2H3. The van der Waals surface area contributed by atoms with Crippen molar-refractivity contribution in [1.82, 2.24) is 20.1 Å². The second-order valence-electron chi connectivity index (χ2n) is 6.68. The molecule has 8 heteroatoms. The van der Waals surface area contributed by atoms with Gasteiger partial charge in [0.25, 0.3) is 0 Å². The van der Waals surface area contributed by atoms with E-state index >= 15 is 0 Å². The molecule has 32 heavy (non-hydrogen) atoms. The Balaban J connectivity index is 0.000000396. The van der Waals surface area contributed by atoms with Crippen molar-refractivity contribution in [2.45, 2.75) is 41.2 Å². The van der Waals surface area contributed by atoms with Crippen LogP contribution in [0.1, 0.15) is 50.5 Å². The molecule has 0 fully saturated rings. The third kappa shape index (κ3) is 5.72. The van der Waals surface area contributed by atoms with Crippen molar-refractivity contribution >= 4 is 11.6 Å². The van der Waals surface area contributed by atoms with Crippen LogP contribution in [-0.4, -0.2) is 45.1 Å². The van der Waals surface area contributed by atoms with Gasteiger partial charge < -0.3 is 15.2 Å². The van der Waals surface area contributed by atoms with Crippen LogP contribution in [-0.2, 0) is 11.3 Å². The molecule has 0 aliphatic carbocycles. The van der Waals surface area contributed by atoms with E-state index in [0.29, 0.717) is 6.54 Å². The lowest BCUT2D eigenvalue weighted by atomic mass is 10.00. The fraction of sp³-hybridized carbons (Fsp3) is 0.333. The molecule has 2 N–H and O–H groups in total. The molecule has 4 rings (SSSR count). The molecule has 0 spiro atoms. The maximum absolute atomic E-state index is 9.93. The van der Waals surface area contributed by atoms with Crippen molar-refractivity contribution in [2.24, 2.45) is 4.99 Å². The van der Waals surface area contributed by atoms with Crippen LogP contribution in [0.4, 0.5) is 0 Å². The van der Waals surface area contributed by atoms with Crippen LogP contribution in [0, 0.1) is 6.92 Å². The van der Waals surface area contributed by atoms with E-state index in [4.69, 9.17) is 9.73 Å². The predicted octanol–water partition coefficient (Wildman–Crippen LogP) is 3.81. The first kappa shape index (κ1) is 24.6. The number of carbonyl (C=O) groups is 1. The van der Waals surface area contributed by atoms with Crippen molar-refractivity contribution < 1.29 is 14.6 Å². The monoisotopic (exact) mass is 437 g/mol. The smallest absolute Gasteiger partial charge is 0.216 e. The number of aliphatic imine (C=N–C) groups is 1. The summed E-state index contributed by atoms with van der Waals surface area (Å²) >= 11 is 0. The van der Waals surface area contributed by atoms with Crippen LogP contribution >= 0.6 is 0 Å². The number of phenolic OH excluding ortho intramolecular Hbond substituents is 1. The van der Waals surface area contributed by atoms with Gasteiger partial charge in [-0.05, 0) is 56.3 Å². The van der Waals surface area contributed by atoms with Gasteiger partial charge in [-0.3, -0.25) is 14.4 Å². The van der Waals surface area contributed by atoms with Crippen LogP contribution in [0.5, 0.6) is 11.5 Å². The molecule has 2 aromatic carbocycles. The van der Waals surface area contributed by atoms with Crippen LogP contribution in [0.2, 0.25) is 0 Å². The highest BCUT2D eigenvalue weighted by Gasteiger charge is 2.22. The molecule has 170 valence electrons. The number of fused-ring (bicyclic) bond motifs is 3. The van der Waals surface area contributed by atoms with Crippen LogP contribution in [0.3, 0.4) is 0 Å². The number of hydrogen-bond donors (Lipinski definition) is 2. The van der Waals surface area contributed by atoms with E-state index in [2.05, 4.69) is 15.5 Å². The minimum absolute atomic E-state index is 0.0394. The van der Waals surface area contributed by atoms with Gasteiger partial charge in [0, 0.05) is 24.6 Å². The third-order valence-electron chi connectivity index (χ3n) is 4.54. The van der Waals surface area contributed by atoms with E-state index in [1.807, 2.05) is 62.6 Å². The van der Waals surface area contributed by atoms with E-state index in [1.54, 1.807) is 19.2 Å². The van der Waals surface area contributed by atoms with Gasteiger partial charge in [0.15, 0.2) is 5.82 Å². The van der Waals surface area contributed by atoms with Crippen molar-refractivity contribution in [1.29, 1.82) is 0 Å². The lowest BCUT2D eigenvalue weighted by Crippen LogP contribution is -2.18. The summed E-state index contributed by atoms with van der Waals surface area (Å²) < 4.78 is 7.41. The maximum atomic E-state index is 9.93. The summed E-state index contributed by atoms with van der Waals surface area (Å²) in [6.45, 7) is 10.5. The molecule has 1 amide bonds. The van der Waals surface area contributed by atoms with E-state index in [9.17, 15) is 9.90 Å². The van der Waals surface area contributed by atoms with E-state index < -0.39 is 0 Å². The summed E-state index contributed by atoms with van der Waals surface area (Å²) in [4.78, 5) is 14.7. The van der Waals surface area contributed by atoms with E-state index in [0.717, 1.165) is 46.5 Å². The lowest BCUT2D eigenvalue weighted by molar-refractivity contribution is -0.118. The summed E-state index contributed by atoms with van der Waals surface area (Å²) in [5.74, 6) is 2.64. The average Bonchev–Trinajstić information content (AvgIpc) is 3.08. The number of rotatable bonds is 3. The average molecular weight is 438 g/mol. The Hall–Kier alpha value is -3.68. The number of methoxy groups -OCH3 is 1. The molecule has 0 unspecified atom stereocenters. The summed E-state index contributed by atoms with van der Waals surface area (Å²) in [6, 6.07) is 12.9. The number of phenols is 1. The molecule has 8 nitrogen and oxygen atoms in total. The normalized spacial score (nSPS) is 11.2. The van der Waals surface area contributed by atoms with Crippen LogP contribution in [0.25, 0.3) is 5.69 Å². The first-order chi connectivity index (χ1) is 15.4. The number of ether oxygens (including phenoxy) is 1. The molecule has 0 saturated carbocycles. The Morgan fingerprint density at radius 2 is 1.84 bits per heavy atom. The second-order valence-corrected chi connectivity index (χ2v) is 6.68. The Labute approximate surface area is 189 Å². The summed E-state index contributed by atoms with van der Waals surface area (Å²) in [5.41, 5.74) is 3.69. The molecule has 1 aliphatic rings. The minimum Gasteiger partial charge on any atom is -0.508 e. The first-order valence-electron chi connectivity index (χ1n) is 10.6. The van der Waals surface area contributed by atoms with Crippen molar-refractivity contribution in [2.75, 3.05) is 13.7 Å². The Morgan fingerprint density at radius 3 is 2.41 bits per heavy atom. The molecular weight excluding hydrogens is 406 g/mol. The van der Waals surface area contributed by atoms with Crippen molar-refractivity contribution in [3.05, 3.63) is 65.2 Å². The summed E-state index contributed by atoms with van der Waals surface area (Å²) in [7, 11) is 1.64. The van der Waals surface area contributed by atoms with Crippen LogP contribution < -0.4 is 10.1 Å². The number of aromatic nitrogens is 3. The number of nitrogens with zero attached hydrogens (tertiary/aromatic N) is 4. The zero-order valence-electron chi connectivity index (χ0n) is 19.5. The molecule has 0 radical (unpaired) electrons. The molecule has 0 bridgehead atoms. The molecule has 3 aromatic rings. The molecule has 0 atom stereocenters. The van der Waals surface area contributed by atoms with Gasteiger partial charge in [-0.2, -0.15) is 0 Å². The Bertz CT molecular complexity index is 1070. The van der Waals surface area contributed by atoms with E-state index in [-0.39, 0.29) is 11.7 Å². The summed E-state index contributed by atoms with van der Waals surface area (Å²) in [6.07, 6.45) is 0. The predicted molar refractivity (Wildman–Crippen MR) is 126 cm³/mol. The van der Waals surface area contributed by atoms with Crippen molar-refractivity contribution in [3.8, 4) is 17.2 Å². The molecule has 0 saturated heterocycles. The largest absolute Gasteiger partial charge is 0.508 e. The molecular formula is C24H31N5O3. The Kier molecular flexibility index (Phi) is 8.95. The molecule has 2 heterocycles. The number of aryl methyl sites for hydroxylation is 1. The highest BCUT2D eigenvalue weighted by Crippen LogP contribution is 2.29.